The summed E-state index contributed by atoms with van der Waals surface area (Å²) in [5.41, 5.74) is 12.7. The number of nitrogens with two attached hydrogens (primary N) is 2. The summed E-state index contributed by atoms with van der Waals surface area (Å²) in [7, 11) is 0. The number of phenolic OH excluding ortho intramolecular Hbond substituents is 2. The molecular weight excluding hydrogens is 351 g/mol. The third kappa shape index (κ3) is 4.91. The van der Waals surface area contributed by atoms with E-state index in [2.05, 4.69) is 0 Å². The molecule has 8 N–H and O–H groups in total. The Morgan fingerprint density at radius 1 is 0.750 bits per heavy atom. The monoisotopic (exact) mass is 368 g/mol. The average molecular weight is 369 g/mol. The van der Waals surface area contributed by atoms with Crippen LogP contribution in [0.3, 0.4) is 0 Å². The van der Waals surface area contributed by atoms with Crippen LogP contribution in [-0.4, -0.2) is 21.9 Å². The number of aromatic hydroxyl groups is 2. The van der Waals surface area contributed by atoms with Crippen molar-refractivity contribution in [2.75, 3.05) is 0 Å². The number of rotatable bonds is 4. The van der Waals surface area contributed by atoms with Crippen molar-refractivity contribution in [2.45, 2.75) is 0 Å². The smallest absolute Gasteiger partial charge is 0.122 e. The molecular formula is C16H18Cl2N4O2. The highest BCUT2D eigenvalue weighted by atomic mass is 35.5. The second-order valence-corrected chi connectivity index (χ2v) is 4.71. The Kier molecular flexibility index (Phi) is 7.82. The molecule has 0 aliphatic heterocycles. The molecule has 0 saturated carbocycles. The fourth-order valence-electron chi connectivity index (χ4n) is 1.89. The molecule has 0 fully saturated rings. The maximum absolute atomic E-state index is 9.83. The molecule has 0 heterocycles. The number of nitrogen functional groups attached to an aromatic ring is 2. The first-order chi connectivity index (χ1) is 10.4. The first kappa shape index (κ1) is 21.3. The van der Waals surface area contributed by atoms with E-state index < -0.39 is 0 Å². The molecule has 0 saturated heterocycles. The number of amidine groups is 2. The minimum atomic E-state index is -0.101. The molecule has 2 aromatic rings. The molecule has 0 spiro atoms. The van der Waals surface area contributed by atoms with Gasteiger partial charge in [0.2, 0.25) is 0 Å². The van der Waals surface area contributed by atoms with Crippen LogP contribution in [0, 0.1) is 10.8 Å². The van der Waals surface area contributed by atoms with Gasteiger partial charge in [0.25, 0.3) is 0 Å². The van der Waals surface area contributed by atoms with E-state index in [1.54, 1.807) is 36.4 Å². The van der Waals surface area contributed by atoms with E-state index in [0.717, 1.165) is 0 Å². The topological polar surface area (TPSA) is 140 Å². The lowest BCUT2D eigenvalue weighted by Crippen LogP contribution is -2.10. The van der Waals surface area contributed by atoms with Gasteiger partial charge >= 0.3 is 0 Å². The Labute approximate surface area is 151 Å². The van der Waals surface area contributed by atoms with Gasteiger partial charge in [-0.2, -0.15) is 0 Å². The quantitative estimate of drug-likeness (QED) is 0.280. The van der Waals surface area contributed by atoms with Gasteiger partial charge in [-0.1, -0.05) is 12.2 Å². The lowest BCUT2D eigenvalue weighted by molar-refractivity contribution is 0.473. The molecule has 0 amide bonds. The van der Waals surface area contributed by atoms with Crippen molar-refractivity contribution in [3.8, 4) is 11.5 Å². The minimum absolute atomic E-state index is 0. The van der Waals surface area contributed by atoms with Gasteiger partial charge in [-0.05, 0) is 36.4 Å². The summed E-state index contributed by atoms with van der Waals surface area (Å²) in [5.74, 6) is -0.140. The lowest BCUT2D eigenvalue weighted by Gasteiger charge is -2.05. The molecule has 128 valence electrons. The average Bonchev–Trinajstić information content (AvgIpc) is 2.47. The molecule has 0 aliphatic carbocycles. The van der Waals surface area contributed by atoms with Crippen molar-refractivity contribution in [3.05, 3.63) is 58.7 Å². The summed E-state index contributed by atoms with van der Waals surface area (Å²) >= 11 is 0. The second-order valence-electron chi connectivity index (χ2n) is 4.71. The molecule has 6 nitrogen and oxygen atoms in total. The molecule has 24 heavy (non-hydrogen) atoms. The summed E-state index contributed by atoms with van der Waals surface area (Å²) in [6.45, 7) is 0. The summed E-state index contributed by atoms with van der Waals surface area (Å²) in [5, 5.41) is 34.5. The fourth-order valence-corrected chi connectivity index (χ4v) is 1.89. The Balaban J connectivity index is 0.00000264. The van der Waals surface area contributed by atoms with Crippen molar-refractivity contribution < 1.29 is 10.2 Å². The normalized spacial score (nSPS) is 9.83. The molecule has 2 aromatic carbocycles. The van der Waals surface area contributed by atoms with Crippen molar-refractivity contribution in [1.29, 1.82) is 10.8 Å². The maximum atomic E-state index is 9.83. The van der Waals surface area contributed by atoms with E-state index in [4.69, 9.17) is 22.3 Å². The van der Waals surface area contributed by atoms with E-state index >= 15 is 0 Å². The van der Waals surface area contributed by atoms with Crippen LogP contribution in [0.25, 0.3) is 12.2 Å². The molecule has 0 atom stereocenters. The van der Waals surface area contributed by atoms with Crippen LogP contribution in [0.4, 0.5) is 0 Å². The first-order valence-corrected chi connectivity index (χ1v) is 6.41. The summed E-state index contributed by atoms with van der Waals surface area (Å²) in [6, 6.07) is 9.12. The molecule has 0 aromatic heterocycles. The summed E-state index contributed by atoms with van der Waals surface area (Å²) in [4.78, 5) is 0. The fraction of sp³-hybridized carbons (Fsp3) is 0. The van der Waals surface area contributed by atoms with Crippen molar-refractivity contribution in [2.24, 2.45) is 11.5 Å². The van der Waals surface area contributed by atoms with Crippen molar-refractivity contribution >= 4 is 48.6 Å². The largest absolute Gasteiger partial charge is 0.507 e. The predicted molar refractivity (Wildman–Crippen MR) is 102 cm³/mol. The van der Waals surface area contributed by atoms with Crippen LogP contribution < -0.4 is 11.5 Å². The Bertz CT molecular complexity index is 726. The Hall–Kier alpha value is -2.70. The zero-order valence-electron chi connectivity index (χ0n) is 12.5. The summed E-state index contributed by atoms with van der Waals surface area (Å²) in [6.07, 6.45) is 3.17. The first-order valence-electron chi connectivity index (χ1n) is 6.41. The highest BCUT2D eigenvalue weighted by molar-refractivity contribution is 5.97. The van der Waals surface area contributed by atoms with Crippen molar-refractivity contribution in [3.63, 3.8) is 0 Å². The molecule has 0 unspecified atom stereocenters. The SMILES string of the molecule is Cl.Cl.N=C(N)c1ccc(O)c(/C=C/c2cc(C(=N)N)ccc2O)c1. The third-order valence-electron chi connectivity index (χ3n) is 3.12. The minimum Gasteiger partial charge on any atom is -0.507 e. The van der Waals surface area contributed by atoms with Gasteiger partial charge in [0.15, 0.2) is 0 Å². The van der Waals surface area contributed by atoms with Crippen LogP contribution in [-0.2, 0) is 0 Å². The second kappa shape index (κ2) is 8.81. The van der Waals surface area contributed by atoms with Crippen LogP contribution in [0.1, 0.15) is 22.3 Å². The van der Waals surface area contributed by atoms with Crippen LogP contribution in [0.2, 0.25) is 0 Å². The van der Waals surface area contributed by atoms with Crippen LogP contribution in [0.5, 0.6) is 11.5 Å². The van der Waals surface area contributed by atoms with Gasteiger partial charge in [-0.3, -0.25) is 10.8 Å². The van der Waals surface area contributed by atoms with E-state index in [1.165, 1.54) is 12.1 Å². The van der Waals surface area contributed by atoms with Gasteiger partial charge in [-0.15, -0.1) is 24.8 Å². The standard InChI is InChI=1S/C16H16N4O2.2ClH/c17-15(18)11-3-5-13(21)9(7-11)1-2-10-8-12(16(19)20)4-6-14(10)22;;/h1-8,21-22H,(H3,17,18)(H3,19,20);2*1H/b2-1+;;. The molecule has 8 heteroatoms. The van der Waals surface area contributed by atoms with Crippen LogP contribution in [0.15, 0.2) is 36.4 Å². The molecule has 2 rings (SSSR count). The van der Waals surface area contributed by atoms with E-state index in [0.29, 0.717) is 22.3 Å². The van der Waals surface area contributed by atoms with Gasteiger partial charge in [0, 0.05) is 22.3 Å². The van der Waals surface area contributed by atoms with E-state index in [-0.39, 0.29) is 48.0 Å². The number of hydrogen-bond acceptors (Lipinski definition) is 4. The third-order valence-corrected chi connectivity index (χ3v) is 3.12. The van der Waals surface area contributed by atoms with E-state index in [9.17, 15) is 10.2 Å². The van der Waals surface area contributed by atoms with Crippen LogP contribution >= 0.6 is 24.8 Å². The van der Waals surface area contributed by atoms with Gasteiger partial charge in [-0.25, -0.2) is 0 Å². The van der Waals surface area contributed by atoms with Crippen molar-refractivity contribution in [1.82, 2.24) is 0 Å². The van der Waals surface area contributed by atoms with Gasteiger partial charge < -0.3 is 21.7 Å². The lowest BCUT2D eigenvalue weighted by atomic mass is 10.0. The number of phenols is 2. The number of benzene rings is 2. The highest BCUT2D eigenvalue weighted by Crippen LogP contribution is 2.24. The zero-order chi connectivity index (χ0) is 16.3. The summed E-state index contributed by atoms with van der Waals surface area (Å²) < 4.78 is 0. The highest BCUT2D eigenvalue weighted by Gasteiger charge is 2.04. The Morgan fingerprint density at radius 2 is 1.08 bits per heavy atom. The molecule has 0 bridgehead atoms. The maximum Gasteiger partial charge on any atom is 0.122 e. The number of hydrogen-bond donors (Lipinski definition) is 6. The zero-order valence-corrected chi connectivity index (χ0v) is 14.1. The molecule has 0 radical (unpaired) electrons. The van der Waals surface area contributed by atoms with E-state index in [1.807, 2.05) is 0 Å². The van der Waals surface area contributed by atoms with Gasteiger partial charge in [0.05, 0.1) is 0 Å². The number of nitrogens with one attached hydrogen (secondary N) is 2. The predicted octanol–water partition coefficient (Wildman–Crippen LogP) is 2.68. The number of halogens is 2. The van der Waals surface area contributed by atoms with Gasteiger partial charge in [0.1, 0.15) is 23.2 Å². The molecule has 0 aliphatic rings. The Morgan fingerprint density at radius 3 is 1.38 bits per heavy atom.